The van der Waals surface area contributed by atoms with E-state index >= 15 is 0 Å². The lowest BCUT2D eigenvalue weighted by molar-refractivity contribution is 0.445. The molecule has 11 heavy (non-hydrogen) atoms. The van der Waals surface area contributed by atoms with Crippen LogP contribution in [-0.2, 0) is 15.3 Å². The van der Waals surface area contributed by atoms with Gasteiger partial charge in [0.1, 0.15) is 0 Å². The lowest BCUT2D eigenvalue weighted by Crippen LogP contribution is -1.91. The van der Waals surface area contributed by atoms with Gasteiger partial charge in [0.25, 0.3) is 0 Å². The number of hydrogen-bond donors (Lipinski definition) is 0. The summed E-state index contributed by atoms with van der Waals surface area (Å²) >= 11 is 1.96. The fraction of sp³-hybridized carbons (Fsp3) is 0.143. The molecule has 0 aliphatic rings. The molecule has 0 bridgehead atoms. The molecule has 1 atom stereocenters. The minimum absolute atomic E-state index is 0.677. The third-order valence-corrected chi connectivity index (χ3v) is 2.65. The molecule has 0 amide bonds. The van der Waals surface area contributed by atoms with Gasteiger partial charge in [-0.1, -0.05) is 15.9 Å². The third kappa shape index (κ3) is 2.39. The summed E-state index contributed by atoms with van der Waals surface area (Å²) in [4.78, 5) is 0.677. The summed E-state index contributed by atoms with van der Waals surface area (Å²) < 4.78 is 16.6. The Balaban J connectivity index is 2.90. The van der Waals surface area contributed by atoms with Gasteiger partial charge in [0, 0.05) is 4.47 Å². The highest BCUT2D eigenvalue weighted by Gasteiger charge is 1.99. The maximum Gasteiger partial charge on any atom is 0.188 e. The second kappa shape index (κ2) is 3.99. The van der Waals surface area contributed by atoms with Gasteiger partial charge in [0.05, 0.1) is 12.0 Å². The Morgan fingerprint density at radius 3 is 2.36 bits per heavy atom. The van der Waals surface area contributed by atoms with E-state index in [2.05, 4.69) is 20.1 Å². The molecule has 0 radical (unpaired) electrons. The van der Waals surface area contributed by atoms with Crippen LogP contribution in [0, 0.1) is 0 Å². The smallest absolute Gasteiger partial charge is 0.188 e. The molecule has 0 saturated carbocycles. The number of hydrogen-bond acceptors (Lipinski definition) is 2. The molecular formula is C7H7BrO2S. The Hall–Kier alpha value is -0.190. The first-order valence-corrected chi connectivity index (χ1v) is 4.82. The Labute approximate surface area is 76.4 Å². The predicted octanol–water partition coefficient (Wildman–Crippen LogP) is 2.12. The molecule has 0 heterocycles. The van der Waals surface area contributed by atoms with Crippen molar-refractivity contribution >= 4 is 27.0 Å². The summed E-state index contributed by atoms with van der Waals surface area (Å²) in [7, 11) is 1.41. The summed E-state index contributed by atoms with van der Waals surface area (Å²) in [6.07, 6.45) is 0. The quantitative estimate of drug-likeness (QED) is 0.784. The molecule has 0 aromatic heterocycles. The largest absolute Gasteiger partial charge is 0.290 e. The van der Waals surface area contributed by atoms with Crippen molar-refractivity contribution in [1.29, 1.82) is 0 Å². The summed E-state index contributed by atoms with van der Waals surface area (Å²) in [5, 5.41) is 0. The highest BCUT2D eigenvalue weighted by Crippen LogP contribution is 2.13. The molecule has 1 aromatic rings. The van der Waals surface area contributed by atoms with Crippen molar-refractivity contribution in [2.24, 2.45) is 0 Å². The molecule has 2 nitrogen and oxygen atoms in total. The summed E-state index contributed by atoms with van der Waals surface area (Å²) in [6, 6.07) is 7.16. The fourth-order valence-corrected chi connectivity index (χ4v) is 1.46. The standard InChI is InChI=1S/C7H7BrO2S/c1-10-11(9)7-4-2-6(8)3-5-7/h2-5H,1H3. The molecule has 0 spiro atoms. The molecule has 0 saturated heterocycles. The maximum absolute atomic E-state index is 11.0. The van der Waals surface area contributed by atoms with Crippen molar-refractivity contribution < 1.29 is 8.39 Å². The number of halogens is 1. The van der Waals surface area contributed by atoms with Gasteiger partial charge in [0.15, 0.2) is 11.1 Å². The zero-order valence-electron chi connectivity index (χ0n) is 5.91. The van der Waals surface area contributed by atoms with Crippen LogP contribution in [-0.4, -0.2) is 11.3 Å². The van der Waals surface area contributed by atoms with Crippen LogP contribution in [0.25, 0.3) is 0 Å². The second-order valence-electron chi connectivity index (χ2n) is 1.86. The summed E-state index contributed by atoms with van der Waals surface area (Å²) in [5.41, 5.74) is 0. The van der Waals surface area contributed by atoms with Crippen molar-refractivity contribution in [1.82, 2.24) is 0 Å². The highest BCUT2D eigenvalue weighted by atomic mass is 79.9. The second-order valence-corrected chi connectivity index (χ2v) is 4.05. The molecule has 0 N–H and O–H groups in total. The van der Waals surface area contributed by atoms with Crippen molar-refractivity contribution in [2.75, 3.05) is 7.11 Å². The molecule has 0 fully saturated rings. The van der Waals surface area contributed by atoms with Gasteiger partial charge < -0.3 is 0 Å². The topological polar surface area (TPSA) is 26.3 Å². The van der Waals surface area contributed by atoms with E-state index in [-0.39, 0.29) is 0 Å². The van der Waals surface area contributed by atoms with Gasteiger partial charge in [-0.05, 0) is 24.3 Å². The van der Waals surface area contributed by atoms with Crippen molar-refractivity contribution in [2.45, 2.75) is 4.90 Å². The Kier molecular flexibility index (Phi) is 3.23. The van der Waals surface area contributed by atoms with Crippen LogP contribution >= 0.6 is 15.9 Å². The van der Waals surface area contributed by atoms with Gasteiger partial charge in [0.2, 0.25) is 0 Å². The molecular weight excluding hydrogens is 228 g/mol. The van der Waals surface area contributed by atoms with Gasteiger partial charge in [-0.25, -0.2) is 4.21 Å². The highest BCUT2D eigenvalue weighted by molar-refractivity contribution is 9.10. The lowest BCUT2D eigenvalue weighted by atomic mass is 10.4. The van der Waals surface area contributed by atoms with E-state index < -0.39 is 11.1 Å². The molecule has 1 unspecified atom stereocenters. The van der Waals surface area contributed by atoms with E-state index in [9.17, 15) is 4.21 Å². The lowest BCUT2D eigenvalue weighted by Gasteiger charge is -1.97. The van der Waals surface area contributed by atoms with Gasteiger partial charge >= 0.3 is 0 Å². The molecule has 1 rings (SSSR count). The van der Waals surface area contributed by atoms with Crippen molar-refractivity contribution in [3.63, 3.8) is 0 Å². The van der Waals surface area contributed by atoms with Crippen molar-refractivity contribution in [3.05, 3.63) is 28.7 Å². The third-order valence-electron chi connectivity index (χ3n) is 1.16. The van der Waals surface area contributed by atoms with Crippen LogP contribution < -0.4 is 0 Å². The predicted molar refractivity (Wildman–Crippen MR) is 47.6 cm³/mol. The Morgan fingerprint density at radius 1 is 1.36 bits per heavy atom. The van der Waals surface area contributed by atoms with E-state index in [4.69, 9.17) is 0 Å². The normalized spacial score (nSPS) is 12.9. The zero-order valence-corrected chi connectivity index (χ0v) is 8.31. The monoisotopic (exact) mass is 234 g/mol. The first-order chi connectivity index (χ1) is 5.24. The van der Waals surface area contributed by atoms with Gasteiger partial charge in [-0.15, -0.1) is 0 Å². The minimum atomic E-state index is -1.32. The molecule has 0 aliphatic carbocycles. The van der Waals surface area contributed by atoms with E-state index in [1.165, 1.54) is 7.11 Å². The van der Waals surface area contributed by atoms with Crippen LogP contribution in [0.4, 0.5) is 0 Å². The van der Waals surface area contributed by atoms with Crippen LogP contribution in [0.2, 0.25) is 0 Å². The first-order valence-electron chi connectivity index (χ1n) is 2.96. The van der Waals surface area contributed by atoms with Gasteiger partial charge in [-0.2, -0.15) is 0 Å². The Morgan fingerprint density at radius 2 is 1.91 bits per heavy atom. The summed E-state index contributed by atoms with van der Waals surface area (Å²) in [6.45, 7) is 0. The SMILES string of the molecule is COS(=O)c1ccc(Br)cc1. The average molecular weight is 235 g/mol. The molecule has 1 aromatic carbocycles. The molecule has 4 heteroatoms. The minimum Gasteiger partial charge on any atom is -0.290 e. The number of rotatable bonds is 2. The van der Waals surface area contributed by atoms with E-state index in [1.54, 1.807) is 12.1 Å². The van der Waals surface area contributed by atoms with Crippen LogP contribution in [0.1, 0.15) is 0 Å². The zero-order chi connectivity index (χ0) is 8.27. The van der Waals surface area contributed by atoms with Crippen molar-refractivity contribution in [3.8, 4) is 0 Å². The molecule has 60 valence electrons. The fourth-order valence-electron chi connectivity index (χ4n) is 0.642. The van der Waals surface area contributed by atoms with Crippen LogP contribution in [0.15, 0.2) is 33.6 Å². The van der Waals surface area contributed by atoms with Gasteiger partial charge in [-0.3, -0.25) is 4.18 Å². The van der Waals surface area contributed by atoms with E-state index in [0.717, 1.165) is 4.47 Å². The molecule has 0 aliphatic heterocycles. The average Bonchev–Trinajstić information content (AvgIpc) is 2.05. The van der Waals surface area contributed by atoms with E-state index in [1.807, 2.05) is 12.1 Å². The Bertz CT molecular complexity index is 258. The van der Waals surface area contributed by atoms with Crippen LogP contribution in [0.3, 0.4) is 0 Å². The number of benzene rings is 1. The van der Waals surface area contributed by atoms with E-state index in [0.29, 0.717) is 4.90 Å². The summed E-state index contributed by atoms with van der Waals surface area (Å²) in [5.74, 6) is 0. The first kappa shape index (κ1) is 8.90. The van der Waals surface area contributed by atoms with Crippen LogP contribution in [0.5, 0.6) is 0 Å². The maximum atomic E-state index is 11.0.